The van der Waals surface area contributed by atoms with Gasteiger partial charge in [-0.2, -0.15) is 4.98 Å². The molecule has 0 fully saturated rings. The summed E-state index contributed by atoms with van der Waals surface area (Å²) in [5.74, 6) is 1.82. The van der Waals surface area contributed by atoms with Crippen LogP contribution >= 0.6 is 11.3 Å². The molecule has 7 nitrogen and oxygen atoms in total. The lowest BCUT2D eigenvalue weighted by Gasteiger charge is -2.11. The summed E-state index contributed by atoms with van der Waals surface area (Å²) in [6.07, 6.45) is 3.77. The molecular formula is C21H17N3O4S. The van der Waals surface area contributed by atoms with Crippen LogP contribution in [0.1, 0.15) is 17.9 Å². The van der Waals surface area contributed by atoms with E-state index in [-0.39, 0.29) is 19.0 Å². The number of hydrogen-bond donors (Lipinski definition) is 0. The first-order chi connectivity index (χ1) is 14.3. The van der Waals surface area contributed by atoms with Gasteiger partial charge < -0.3 is 14.0 Å². The summed E-state index contributed by atoms with van der Waals surface area (Å²) in [5, 5.41) is 5.88. The third-order valence-corrected chi connectivity index (χ3v) is 4.84. The molecule has 0 saturated carbocycles. The normalized spacial score (nSPS) is 10.6. The third kappa shape index (κ3) is 5.05. The van der Waals surface area contributed by atoms with Crippen molar-refractivity contribution in [2.45, 2.75) is 19.4 Å². The molecule has 0 bridgehead atoms. The molecule has 3 heterocycles. The number of hydrogen-bond acceptors (Lipinski definition) is 8. The maximum absolute atomic E-state index is 12.1. The van der Waals surface area contributed by atoms with Crippen LogP contribution in [-0.2, 0) is 22.6 Å². The lowest BCUT2D eigenvalue weighted by molar-refractivity contribution is -0.145. The minimum absolute atomic E-state index is 0.111. The van der Waals surface area contributed by atoms with Crippen LogP contribution in [0.3, 0.4) is 0 Å². The van der Waals surface area contributed by atoms with E-state index in [4.69, 9.17) is 14.0 Å². The standard InChI is InChI=1S/C21H17N3O4S/c25-20(10-9-19-23-21(24-28-19)18-8-4-12-29-18)26-14-15-5-1-2-7-17(15)27-16-6-3-11-22-13-16/h1-8,11-13H,9-10,14H2. The molecule has 0 saturated heterocycles. The van der Waals surface area contributed by atoms with Crippen molar-refractivity contribution in [1.82, 2.24) is 15.1 Å². The zero-order valence-corrected chi connectivity index (χ0v) is 16.2. The largest absolute Gasteiger partial charge is 0.461 e. The van der Waals surface area contributed by atoms with Crippen molar-refractivity contribution in [3.8, 4) is 22.2 Å². The molecule has 0 amide bonds. The first-order valence-corrected chi connectivity index (χ1v) is 9.84. The van der Waals surface area contributed by atoms with Crippen molar-refractivity contribution in [3.05, 3.63) is 77.8 Å². The molecule has 0 aliphatic carbocycles. The number of pyridine rings is 1. The van der Waals surface area contributed by atoms with Gasteiger partial charge in [-0.1, -0.05) is 29.4 Å². The second-order valence-electron chi connectivity index (χ2n) is 6.05. The average Bonchev–Trinajstić information content (AvgIpc) is 3.44. The van der Waals surface area contributed by atoms with Gasteiger partial charge in [0.05, 0.1) is 17.5 Å². The van der Waals surface area contributed by atoms with E-state index >= 15 is 0 Å². The van der Waals surface area contributed by atoms with E-state index in [0.717, 1.165) is 10.4 Å². The molecule has 0 aliphatic rings. The van der Waals surface area contributed by atoms with E-state index in [1.807, 2.05) is 47.8 Å². The molecule has 29 heavy (non-hydrogen) atoms. The van der Waals surface area contributed by atoms with Gasteiger partial charge in [0.1, 0.15) is 18.1 Å². The molecule has 0 spiro atoms. The van der Waals surface area contributed by atoms with E-state index < -0.39 is 0 Å². The van der Waals surface area contributed by atoms with E-state index in [0.29, 0.717) is 29.6 Å². The molecule has 1 aromatic carbocycles. The number of aromatic nitrogens is 3. The van der Waals surface area contributed by atoms with Crippen molar-refractivity contribution < 1.29 is 18.8 Å². The van der Waals surface area contributed by atoms with E-state index in [1.54, 1.807) is 18.5 Å². The van der Waals surface area contributed by atoms with Gasteiger partial charge in [-0.05, 0) is 29.6 Å². The number of nitrogens with zero attached hydrogens (tertiary/aromatic N) is 3. The Kier molecular flexibility index (Phi) is 5.92. The molecule has 0 radical (unpaired) electrons. The number of rotatable bonds is 8. The Morgan fingerprint density at radius 2 is 2.03 bits per heavy atom. The Morgan fingerprint density at radius 3 is 2.86 bits per heavy atom. The lowest BCUT2D eigenvalue weighted by Crippen LogP contribution is -2.06. The SMILES string of the molecule is O=C(CCc1nc(-c2cccs2)no1)OCc1ccccc1Oc1cccnc1. The quantitative estimate of drug-likeness (QED) is 0.393. The number of benzene rings is 1. The van der Waals surface area contributed by atoms with E-state index in [2.05, 4.69) is 15.1 Å². The molecule has 0 N–H and O–H groups in total. The maximum atomic E-state index is 12.1. The van der Waals surface area contributed by atoms with Gasteiger partial charge in [0, 0.05) is 18.2 Å². The van der Waals surface area contributed by atoms with Crippen LogP contribution in [0.25, 0.3) is 10.7 Å². The van der Waals surface area contributed by atoms with Gasteiger partial charge in [-0.3, -0.25) is 9.78 Å². The minimum Gasteiger partial charge on any atom is -0.461 e. The monoisotopic (exact) mass is 407 g/mol. The summed E-state index contributed by atoms with van der Waals surface area (Å²) in [6.45, 7) is 0.111. The Hall–Kier alpha value is -3.52. The minimum atomic E-state index is -0.350. The molecule has 146 valence electrons. The Bertz CT molecular complexity index is 1060. The zero-order chi connectivity index (χ0) is 19.9. The van der Waals surface area contributed by atoms with Gasteiger partial charge in [0.25, 0.3) is 0 Å². The predicted octanol–water partition coefficient (Wildman–Crippen LogP) is 4.66. The summed E-state index contributed by atoms with van der Waals surface area (Å²) < 4.78 is 16.4. The predicted molar refractivity (Wildman–Crippen MR) is 106 cm³/mol. The number of carbonyl (C=O) groups is 1. The van der Waals surface area contributed by atoms with Crippen LogP contribution in [0.4, 0.5) is 0 Å². The van der Waals surface area contributed by atoms with E-state index in [1.165, 1.54) is 11.3 Å². The molecule has 4 aromatic rings. The highest BCUT2D eigenvalue weighted by Gasteiger charge is 2.13. The first-order valence-electron chi connectivity index (χ1n) is 8.96. The summed E-state index contributed by atoms with van der Waals surface area (Å²) in [4.78, 5) is 21.4. The average molecular weight is 407 g/mol. The van der Waals surface area contributed by atoms with Crippen LogP contribution in [0.5, 0.6) is 11.5 Å². The van der Waals surface area contributed by atoms with E-state index in [9.17, 15) is 4.79 Å². The highest BCUT2D eigenvalue weighted by molar-refractivity contribution is 7.13. The highest BCUT2D eigenvalue weighted by atomic mass is 32.1. The molecule has 4 rings (SSSR count). The van der Waals surface area contributed by atoms with Crippen LogP contribution in [-0.4, -0.2) is 21.1 Å². The summed E-state index contributed by atoms with van der Waals surface area (Å²) in [6, 6.07) is 14.8. The fourth-order valence-electron chi connectivity index (χ4n) is 2.56. The summed E-state index contributed by atoms with van der Waals surface area (Å²) >= 11 is 1.53. The van der Waals surface area contributed by atoms with Crippen LogP contribution in [0, 0.1) is 0 Å². The van der Waals surface area contributed by atoms with Gasteiger partial charge >= 0.3 is 5.97 Å². The number of carbonyl (C=O) groups excluding carboxylic acids is 1. The zero-order valence-electron chi connectivity index (χ0n) is 15.4. The molecule has 0 atom stereocenters. The van der Waals surface area contributed by atoms with Gasteiger partial charge in [-0.25, -0.2) is 0 Å². The smallest absolute Gasteiger partial charge is 0.306 e. The number of para-hydroxylation sites is 1. The van der Waals surface area contributed by atoms with Gasteiger partial charge in [0.2, 0.25) is 11.7 Å². The third-order valence-electron chi connectivity index (χ3n) is 3.98. The van der Waals surface area contributed by atoms with Crippen LogP contribution in [0.15, 0.2) is 70.8 Å². The van der Waals surface area contributed by atoms with Crippen LogP contribution in [0.2, 0.25) is 0 Å². The molecule has 0 aliphatic heterocycles. The molecular weight excluding hydrogens is 390 g/mol. The number of esters is 1. The molecule has 8 heteroatoms. The number of aryl methyl sites for hydroxylation is 1. The lowest BCUT2D eigenvalue weighted by atomic mass is 10.2. The van der Waals surface area contributed by atoms with Crippen molar-refractivity contribution in [1.29, 1.82) is 0 Å². The summed E-state index contributed by atoms with van der Waals surface area (Å²) in [5.41, 5.74) is 0.766. The van der Waals surface area contributed by atoms with Crippen molar-refractivity contribution in [2.75, 3.05) is 0 Å². The van der Waals surface area contributed by atoms with Gasteiger partial charge in [0.15, 0.2) is 0 Å². The molecule has 3 aromatic heterocycles. The highest BCUT2D eigenvalue weighted by Crippen LogP contribution is 2.25. The summed E-state index contributed by atoms with van der Waals surface area (Å²) in [7, 11) is 0. The van der Waals surface area contributed by atoms with Crippen molar-refractivity contribution in [3.63, 3.8) is 0 Å². The van der Waals surface area contributed by atoms with Gasteiger partial charge in [-0.15, -0.1) is 11.3 Å². The van der Waals surface area contributed by atoms with Crippen molar-refractivity contribution in [2.24, 2.45) is 0 Å². The second kappa shape index (κ2) is 9.11. The fourth-order valence-corrected chi connectivity index (χ4v) is 3.21. The second-order valence-corrected chi connectivity index (χ2v) is 7.00. The maximum Gasteiger partial charge on any atom is 0.306 e. The van der Waals surface area contributed by atoms with Crippen LogP contribution < -0.4 is 4.74 Å². The topological polar surface area (TPSA) is 87.3 Å². The first kappa shape index (κ1) is 18.8. The number of thiophene rings is 1. The Labute approximate surface area is 170 Å². The fraction of sp³-hybridized carbons (Fsp3) is 0.143. The Morgan fingerprint density at radius 1 is 1.10 bits per heavy atom. The Balaban J connectivity index is 1.30. The van der Waals surface area contributed by atoms with Crippen molar-refractivity contribution >= 4 is 17.3 Å². The number of ether oxygens (including phenoxy) is 2. The molecule has 0 unspecified atom stereocenters.